The van der Waals surface area contributed by atoms with Crippen LogP contribution in [0.1, 0.15) is 48.0 Å². The monoisotopic (exact) mass is 418 g/mol. The van der Waals surface area contributed by atoms with Gasteiger partial charge in [0.1, 0.15) is 12.2 Å². The van der Waals surface area contributed by atoms with Gasteiger partial charge in [-0.1, -0.05) is 11.6 Å². The van der Waals surface area contributed by atoms with Crippen molar-refractivity contribution >= 4 is 23.7 Å². The Labute approximate surface area is 174 Å². The van der Waals surface area contributed by atoms with Crippen LogP contribution >= 0.6 is 0 Å². The lowest BCUT2D eigenvalue weighted by molar-refractivity contribution is -0.176. The third-order valence-corrected chi connectivity index (χ3v) is 6.29. The van der Waals surface area contributed by atoms with Crippen molar-refractivity contribution in [3.05, 3.63) is 34.4 Å². The van der Waals surface area contributed by atoms with Gasteiger partial charge in [-0.15, -0.1) is 0 Å². The second-order valence-electron chi connectivity index (χ2n) is 8.29. The molecule has 8 nitrogen and oxygen atoms in total. The van der Waals surface area contributed by atoms with Crippen LogP contribution in [0.5, 0.6) is 0 Å². The molecule has 8 heteroatoms. The van der Waals surface area contributed by atoms with Crippen molar-refractivity contribution in [2.24, 2.45) is 5.92 Å². The summed E-state index contributed by atoms with van der Waals surface area (Å²) in [7, 11) is 0. The van der Waals surface area contributed by atoms with Gasteiger partial charge in [-0.3, -0.25) is 9.59 Å². The molecule has 0 spiro atoms. The van der Waals surface area contributed by atoms with Crippen LogP contribution in [-0.4, -0.2) is 52.2 Å². The molecule has 30 heavy (non-hydrogen) atoms. The molecule has 1 fully saturated rings. The first-order valence-electron chi connectivity index (χ1n) is 9.78. The molecule has 0 aromatic carbocycles. The number of hydrogen-bond acceptors (Lipinski definition) is 8. The first-order chi connectivity index (χ1) is 13.9. The Hall–Kier alpha value is -2.74. The summed E-state index contributed by atoms with van der Waals surface area (Å²) < 4.78 is 16.6. The van der Waals surface area contributed by atoms with Crippen molar-refractivity contribution in [2.75, 3.05) is 0 Å². The summed E-state index contributed by atoms with van der Waals surface area (Å²) in [6, 6.07) is 0. The number of allylic oxidation sites excluding steroid dienone is 2. The van der Waals surface area contributed by atoms with E-state index in [1.54, 1.807) is 33.8 Å². The van der Waals surface area contributed by atoms with E-state index < -0.39 is 47.2 Å². The number of esters is 3. The number of aliphatic hydroxyl groups is 1. The van der Waals surface area contributed by atoms with Crippen molar-refractivity contribution in [2.45, 2.75) is 71.4 Å². The summed E-state index contributed by atoms with van der Waals surface area (Å²) in [4.78, 5) is 49.8. The van der Waals surface area contributed by atoms with E-state index in [9.17, 15) is 24.3 Å². The van der Waals surface area contributed by atoms with E-state index in [0.29, 0.717) is 16.7 Å². The quantitative estimate of drug-likeness (QED) is 0.418. The van der Waals surface area contributed by atoms with Gasteiger partial charge < -0.3 is 19.3 Å². The highest BCUT2D eigenvalue weighted by Crippen LogP contribution is 2.53. The van der Waals surface area contributed by atoms with Gasteiger partial charge in [0.25, 0.3) is 0 Å². The molecule has 2 aliphatic carbocycles. The van der Waals surface area contributed by atoms with E-state index in [2.05, 4.69) is 0 Å². The Morgan fingerprint density at radius 3 is 2.47 bits per heavy atom. The molecule has 5 atom stereocenters. The standard InChI is InChI=1S/C22H26O8/c1-7-10(2)19(25)28-15-8-11(3)16-14(24)9-12(4)22(16,27)18-17(15)21(6,20(26)29-18)30-13(5)23/h7,9,15,17-18,27H,8H2,1-6H3/b10-7+/t15-,17+,18+,21-,22-/m0/s1. The van der Waals surface area contributed by atoms with E-state index in [0.717, 1.165) is 6.92 Å². The van der Waals surface area contributed by atoms with Gasteiger partial charge in [-0.2, -0.15) is 0 Å². The zero-order chi connectivity index (χ0) is 22.6. The summed E-state index contributed by atoms with van der Waals surface area (Å²) in [6.07, 6.45) is 0.718. The smallest absolute Gasteiger partial charge is 0.351 e. The predicted molar refractivity (Wildman–Crippen MR) is 104 cm³/mol. The third kappa shape index (κ3) is 3.01. The minimum absolute atomic E-state index is 0.0713. The maximum Gasteiger partial charge on any atom is 0.351 e. The SMILES string of the molecule is C/C=C(\C)C(=O)O[C@H]1CC(C)=C2C(=O)C=C(C)[C@@]2(O)[C@@H]2OC(=O)[C@@](C)(OC(C)=O)[C@H]12. The molecular formula is C22H26O8. The highest BCUT2D eigenvalue weighted by Gasteiger charge is 2.69. The van der Waals surface area contributed by atoms with Gasteiger partial charge in [0.15, 0.2) is 11.4 Å². The van der Waals surface area contributed by atoms with Crippen LogP contribution in [0, 0.1) is 5.92 Å². The molecule has 0 saturated carbocycles. The van der Waals surface area contributed by atoms with Crippen LogP contribution in [-0.2, 0) is 33.4 Å². The summed E-state index contributed by atoms with van der Waals surface area (Å²) in [6.45, 7) is 9.04. The maximum atomic E-state index is 12.8. The number of hydrogen-bond donors (Lipinski definition) is 1. The number of carbonyl (C=O) groups excluding carboxylic acids is 4. The largest absolute Gasteiger partial charge is 0.458 e. The third-order valence-electron chi connectivity index (χ3n) is 6.29. The molecule has 0 bridgehead atoms. The van der Waals surface area contributed by atoms with Crippen molar-refractivity contribution < 1.29 is 38.5 Å². The molecule has 0 aromatic heterocycles. The van der Waals surface area contributed by atoms with E-state index in [-0.39, 0.29) is 17.8 Å². The molecule has 3 aliphatic rings. The molecule has 1 aliphatic heterocycles. The van der Waals surface area contributed by atoms with Crippen LogP contribution in [0.15, 0.2) is 34.4 Å². The number of carbonyl (C=O) groups is 4. The lowest BCUT2D eigenvalue weighted by Crippen LogP contribution is -2.54. The average Bonchev–Trinajstić information content (AvgIpc) is 2.99. The number of ketones is 1. The Morgan fingerprint density at radius 2 is 1.90 bits per heavy atom. The summed E-state index contributed by atoms with van der Waals surface area (Å²) in [5.74, 6) is -3.62. The van der Waals surface area contributed by atoms with Crippen LogP contribution < -0.4 is 0 Å². The molecule has 1 N–H and O–H groups in total. The zero-order valence-electron chi connectivity index (χ0n) is 17.9. The lowest BCUT2D eigenvalue weighted by Gasteiger charge is -2.37. The van der Waals surface area contributed by atoms with Gasteiger partial charge in [-0.05, 0) is 46.3 Å². The molecular weight excluding hydrogens is 392 g/mol. The van der Waals surface area contributed by atoms with Crippen LogP contribution in [0.3, 0.4) is 0 Å². The van der Waals surface area contributed by atoms with Gasteiger partial charge >= 0.3 is 17.9 Å². The van der Waals surface area contributed by atoms with E-state index in [4.69, 9.17) is 14.2 Å². The molecule has 0 unspecified atom stereocenters. The lowest BCUT2D eigenvalue weighted by atomic mass is 9.74. The topological polar surface area (TPSA) is 116 Å². The van der Waals surface area contributed by atoms with Crippen LogP contribution in [0.25, 0.3) is 0 Å². The summed E-state index contributed by atoms with van der Waals surface area (Å²) >= 11 is 0. The highest BCUT2D eigenvalue weighted by atomic mass is 16.6. The van der Waals surface area contributed by atoms with Gasteiger partial charge in [0.05, 0.1) is 5.92 Å². The van der Waals surface area contributed by atoms with E-state index in [1.807, 2.05) is 0 Å². The molecule has 1 saturated heterocycles. The second kappa shape index (κ2) is 7.19. The molecule has 1 heterocycles. The van der Waals surface area contributed by atoms with Crippen molar-refractivity contribution in [1.82, 2.24) is 0 Å². The van der Waals surface area contributed by atoms with Crippen molar-refractivity contribution in [3.63, 3.8) is 0 Å². The van der Waals surface area contributed by atoms with Crippen molar-refractivity contribution in [1.29, 1.82) is 0 Å². The minimum atomic E-state index is -1.89. The normalized spacial score (nSPS) is 35.9. The number of rotatable bonds is 3. The molecule has 3 rings (SSSR count). The van der Waals surface area contributed by atoms with E-state index in [1.165, 1.54) is 13.0 Å². The minimum Gasteiger partial charge on any atom is -0.458 e. The Kier molecular flexibility index (Phi) is 5.27. The molecule has 0 aromatic rings. The molecule has 0 radical (unpaired) electrons. The van der Waals surface area contributed by atoms with Gasteiger partial charge in [-0.25, -0.2) is 9.59 Å². The highest BCUT2D eigenvalue weighted by molar-refractivity contribution is 6.11. The Morgan fingerprint density at radius 1 is 1.27 bits per heavy atom. The second-order valence-corrected chi connectivity index (χ2v) is 8.29. The van der Waals surface area contributed by atoms with Gasteiger partial charge in [0, 0.05) is 24.5 Å². The van der Waals surface area contributed by atoms with Gasteiger partial charge in [0.2, 0.25) is 5.60 Å². The van der Waals surface area contributed by atoms with Crippen molar-refractivity contribution in [3.8, 4) is 0 Å². The number of ether oxygens (including phenoxy) is 3. The fraction of sp³-hybridized carbons (Fsp3) is 0.545. The fourth-order valence-corrected chi connectivity index (χ4v) is 4.69. The Bertz CT molecular complexity index is 939. The predicted octanol–water partition coefficient (Wildman–Crippen LogP) is 1.71. The summed E-state index contributed by atoms with van der Waals surface area (Å²) in [5, 5.41) is 11.6. The zero-order valence-corrected chi connectivity index (χ0v) is 17.9. The maximum absolute atomic E-state index is 12.8. The molecule has 0 amide bonds. The average molecular weight is 418 g/mol. The number of fused-ring (bicyclic) bond motifs is 3. The molecule has 162 valence electrons. The fourth-order valence-electron chi connectivity index (χ4n) is 4.69. The first-order valence-corrected chi connectivity index (χ1v) is 9.78. The van der Waals surface area contributed by atoms with E-state index >= 15 is 0 Å². The summed E-state index contributed by atoms with van der Waals surface area (Å²) in [5.41, 5.74) is -2.41. The van der Waals surface area contributed by atoms with Crippen LogP contribution in [0.2, 0.25) is 0 Å². The first kappa shape index (κ1) is 22.0. The van der Waals surface area contributed by atoms with Crippen LogP contribution in [0.4, 0.5) is 0 Å². The Balaban J connectivity index is 2.19.